The predicted octanol–water partition coefficient (Wildman–Crippen LogP) is 1.38. The summed E-state index contributed by atoms with van der Waals surface area (Å²) in [5.41, 5.74) is 2.31. The molecule has 4 rings (SSSR count). The van der Waals surface area contributed by atoms with Crippen molar-refractivity contribution in [2.24, 2.45) is 0 Å². The summed E-state index contributed by atoms with van der Waals surface area (Å²) in [6.45, 7) is 2.25. The van der Waals surface area contributed by atoms with Gasteiger partial charge >= 0.3 is 0 Å². The number of piperazine rings is 1. The Hall–Kier alpha value is -2.27. The lowest BCUT2D eigenvalue weighted by atomic mass is 10.1. The van der Waals surface area contributed by atoms with E-state index in [9.17, 15) is 21.6 Å². The standard InChI is InChI=1S/C22H27N3O5S2/c1-17(23-31(27,28)20-8-3-2-4-9-20)22(26)24-12-14-25(15-13-24)32(29,30)21-11-10-18-6-5-7-19(18)16-21/h2-4,8-11,16-17,23H,5-7,12-15H2,1H3/t17-/m0/s1. The lowest BCUT2D eigenvalue weighted by molar-refractivity contribution is -0.133. The molecular weight excluding hydrogens is 450 g/mol. The maximum Gasteiger partial charge on any atom is 0.243 e. The second-order valence-corrected chi connectivity index (χ2v) is 11.8. The number of sulfonamides is 2. The van der Waals surface area contributed by atoms with E-state index >= 15 is 0 Å². The minimum Gasteiger partial charge on any atom is -0.339 e. The van der Waals surface area contributed by atoms with Gasteiger partial charge in [-0.1, -0.05) is 24.3 Å². The molecule has 0 aromatic heterocycles. The zero-order chi connectivity index (χ0) is 22.9. The van der Waals surface area contributed by atoms with E-state index in [0.29, 0.717) is 4.90 Å². The van der Waals surface area contributed by atoms with E-state index in [1.807, 2.05) is 6.07 Å². The van der Waals surface area contributed by atoms with Gasteiger partial charge < -0.3 is 4.90 Å². The molecule has 172 valence electrons. The number of benzene rings is 2. The van der Waals surface area contributed by atoms with Gasteiger partial charge in [0.1, 0.15) is 0 Å². The Morgan fingerprint density at radius 2 is 1.53 bits per heavy atom. The molecule has 1 aliphatic carbocycles. The first-order chi connectivity index (χ1) is 15.2. The van der Waals surface area contributed by atoms with E-state index in [-0.39, 0.29) is 37.0 Å². The fraction of sp³-hybridized carbons (Fsp3) is 0.409. The van der Waals surface area contributed by atoms with Crippen molar-refractivity contribution in [3.8, 4) is 0 Å². The number of nitrogens with one attached hydrogen (secondary N) is 1. The van der Waals surface area contributed by atoms with Gasteiger partial charge in [0.2, 0.25) is 26.0 Å². The summed E-state index contributed by atoms with van der Waals surface area (Å²) in [4.78, 5) is 14.7. The Bertz CT molecular complexity index is 1210. The van der Waals surface area contributed by atoms with Crippen LogP contribution >= 0.6 is 0 Å². The van der Waals surface area contributed by atoms with Gasteiger partial charge in [0.25, 0.3) is 0 Å². The predicted molar refractivity (Wildman–Crippen MR) is 120 cm³/mol. The van der Waals surface area contributed by atoms with E-state index in [1.165, 1.54) is 33.8 Å². The average Bonchev–Trinajstić information content (AvgIpc) is 3.27. The van der Waals surface area contributed by atoms with Gasteiger partial charge in [0, 0.05) is 26.2 Å². The molecule has 1 heterocycles. The molecule has 2 aromatic carbocycles. The summed E-state index contributed by atoms with van der Waals surface area (Å²) in [6, 6.07) is 12.2. The van der Waals surface area contributed by atoms with E-state index in [1.54, 1.807) is 30.3 Å². The van der Waals surface area contributed by atoms with Crippen LogP contribution in [0.15, 0.2) is 58.3 Å². The van der Waals surface area contributed by atoms with Gasteiger partial charge in [-0.05, 0) is 61.6 Å². The van der Waals surface area contributed by atoms with Crippen LogP contribution in [0, 0.1) is 0 Å². The quantitative estimate of drug-likeness (QED) is 0.677. The molecule has 10 heteroatoms. The molecule has 32 heavy (non-hydrogen) atoms. The molecule has 0 radical (unpaired) electrons. The highest BCUT2D eigenvalue weighted by atomic mass is 32.2. The zero-order valence-electron chi connectivity index (χ0n) is 17.9. The van der Waals surface area contributed by atoms with Crippen LogP contribution in [0.1, 0.15) is 24.5 Å². The number of carbonyl (C=O) groups excluding carboxylic acids is 1. The summed E-state index contributed by atoms with van der Waals surface area (Å²) < 4.78 is 54.9. The maximum atomic E-state index is 13.1. The largest absolute Gasteiger partial charge is 0.339 e. The van der Waals surface area contributed by atoms with E-state index in [0.717, 1.165) is 24.8 Å². The Labute approximate surface area is 189 Å². The molecule has 2 aliphatic rings. The van der Waals surface area contributed by atoms with E-state index < -0.39 is 26.1 Å². The van der Waals surface area contributed by atoms with Crippen LogP contribution in [0.2, 0.25) is 0 Å². The minimum atomic E-state index is -3.82. The molecule has 1 saturated heterocycles. The Balaban J connectivity index is 1.38. The van der Waals surface area contributed by atoms with Crippen LogP contribution in [-0.4, -0.2) is 64.2 Å². The summed E-state index contributed by atoms with van der Waals surface area (Å²) in [6.07, 6.45) is 2.94. The van der Waals surface area contributed by atoms with Crippen molar-refractivity contribution in [3.05, 3.63) is 59.7 Å². The van der Waals surface area contributed by atoms with Gasteiger partial charge in [-0.2, -0.15) is 9.03 Å². The lowest BCUT2D eigenvalue weighted by Crippen LogP contribution is -2.55. The van der Waals surface area contributed by atoms with E-state index in [2.05, 4.69) is 4.72 Å². The fourth-order valence-electron chi connectivity index (χ4n) is 4.23. The summed E-state index contributed by atoms with van der Waals surface area (Å²) >= 11 is 0. The maximum absolute atomic E-state index is 13.1. The first-order valence-corrected chi connectivity index (χ1v) is 13.6. The topological polar surface area (TPSA) is 104 Å². The third kappa shape index (κ3) is 4.59. The highest BCUT2D eigenvalue weighted by Gasteiger charge is 2.33. The van der Waals surface area contributed by atoms with Crippen LogP contribution in [0.25, 0.3) is 0 Å². The number of amides is 1. The third-order valence-corrected chi connectivity index (χ3v) is 9.47. The number of carbonyl (C=O) groups is 1. The Kier molecular flexibility index (Phi) is 6.39. The number of nitrogens with zero attached hydrogens (tertiary/aromatic N) is 2. The van der Waals surface area contributed by atoms with Gasteiger partial charge in [0.05, 0.1) is 15.8 Å². The molecule has 8 nitrogen and oxygen atoms in total. The second kappa shape index (κ2) is 8.93. The normalized spacial score (nSPS) is 18.3. The molecule has 0 bridgehead atoms. The van der Waals surface area contributed by atoms with Gasteiger partial charge in [0.15, 0.2) is 0 Å². The van der Waals surface area contributed by atoms with Crippen molar-refractivity contribution < 1.29 is 21.6 Å². The van der Waals surface area contributed by atoms with Crippen LogP contribution < -0.4 is 4.72 Å². The summed E-state index contributed by atoms with van der Waals surface area (Å²) in [7, 11) is -7.46. The van der Waals surface area contributed by atoms with Crippen molar-refractivity contribution in [1.29, 1.82) is 0 Å². The van der Waals surface area contributed by atoms with Crippen molar-refractivity contribution in [2.75, 3.05) is 26.2 Å². The molecule has 2 aromatic rings. The molecule has 1 atom stereocenters. The molecule has 0 unspecified atom stereocenters. The number of fused-ring (bicyclic) bond motifs is 1. The smallest absolute Gasteiger partial charge is 0.243 e. The van der Waals surface area contributed by atoms with Crippen LogP contribution in [0.4, 0.5) is 0 Å². The molecule has 1 N–H and O–H groups in total. The lowest BCUT2D eigenvalue weighted by Gasteiger charge is -2.35. The van der Waals surface area contributed by atoms with Crippen LogP contribution in [-0.2, 0) is 37.7 Å². The van der Waals surface area contributed by atoms with Crippen molar-refractivity contribution in [2.45, 2.75) is 42.0 Å². The number of hydrogen-bond acceptors (Lipinski definition) is 5. The van der Waals surface area contributed by atoms with Crippen molar-refractivity contribution in [1.82, 2.24) is 13.9 Å². The number of rotatable bonds is 6. The molecule has 0 saturated carbocycles. The van der Waals surface area contributed by atoms with Crippen molar-refractivity contribution in [3.63, 3.8) is 0 Å². The average molecular weight is 478 g/mol. The highest BCUT2D eigenvalue weighted by molar-refractivity contribution is 7.89. The van der Waals surface area contributed by atoms with E-state index in [4.69, 9.17) is 0 Å². The fourth-order valence-corrected chi connectivity index (χ4v) is 6.92. The SMILES string of the molecule is C[C@H](NS(=O)(=O)c1ccccc1)C(=O)N1CCN(S(=O)(=O)c2ccc3c(c2)CCC3)CC1. The van der Waals surface area contributed by atoms with Crippen LogP contribution in [0.3, 0.4) is 0 Å². The number of hydrogen-bond donors (Lipinski definition) is 1. The van der Waals surface area contributed by atoms with Gasteiger partial charge in [-0.25, -0.2) is 16.8 Å². The first-order valence-electron chi connectivity index (χ1n) is 10.7. The molecule has 1 aliphatic heterocycles. The van der Waals surface area contributed by atoms with Crippen LogP contribution in [0.5, 0.6) is 0 Å². The molecule has 1 amide bonds. The minimum absolute atomic E-state index is 0.0879. The monoisotopic (exact) mass is 477 g/mol. The molecule has 0 spiro atoms. The van der Waals surface area contributed by atoms with Gasteiger partial charge in [-0.3, -0.25) is 4.79 Å². The summed E-state index contributed by atoms with van der Waals surface area (Å²) in [5, 5.41) is 0. The number of aryl methyl sites for hydroxylation is 2. The second-order valence-electron chi connectivity index (χ2n) is 8.17. The summed E-state index contributed by atoms with van der Waals surface area (Å²) in [5.74, 6) is -0.376. The zero-order valence-corrected chi connectivity index (χ0v) is 19.5. The third-order valence-electron chi connectivity index (χ3n) is 6.01. The first kappa shape index (κ1) is 22.9. The molecular formula is C22H27N3O5S2. The molecule has 1 fully saturated rings. The Morgan fingerprint density at radius 1 is 0.875 bits per heavy atom. The Morgan fingerprint density at radius 3 is 2.22 bits per heavy atom. The van der Waals surface area contributed by atoms with Gasteiger partial charge in [-0.15, -0.1) is 0 Å². The highest BCUT2D eigenvalue weighted by Crippen LogP contribution is 2.26. The van der Waals surface area contributed by atoms with Crippen molar-refractivity contribution >= 4 is 26.0 Å².